The van der Waals surface area contributed by atoms with E-state index in [1.54, 1.807) is 16.8 Å². The normalized spacial score (nSPS) is 16.3. The van der Waals surface area contributed by atoms with E-state index in [1.165, 1.54) is 11.0 Å². The number of likely N-dealkylation sites (N-methyl/N-ethyl adjacent to an activating group) is 1. The Morgan fingerprint density at radius 2 is 2.16 bits per heavy atom. The van der Waals surface area contributed by atoms with Crippen molar-refractivity contribution in [3.63, 3.8) is 0 Å². The second-order valence-electron chi connectivity index (χ2n) is 6.14. The maximum absolute atomic E-state index is 12.4. The molecule has 0 aromatic heterocycles. The second-order valence-corrected chi connectivity index (χ2v) is 6.14. The number of rotatable bonds is 4. The Hall–Kier alpha value is -2.83. The summed E-state index contributed by atoms with van der Waals surface area (Å²) in [5.74, 6) is -0.380. The van der Waals surface area contributed by atoms with Gasteiger partial charge in [-0.15, -0.1) is 0 Å². The Kier molecular flexibility index (Phi) is 4.74. The van der Waals surface area contributed by atoms with E-state index in [0.717, 1.165) is 16.8 Å². The summed E-state index contributed by atoms with van der Waals surface area (Å²) in [6, 6.07) is 5.78. The highest BCUT2D eigenvalue weighted by Crippen LogP contribution is 2.30. The van der Waals surface area contributed by atoms with Crippen molar-refractivity contribution in [3.05, 3.63) is 42.0 Å². The summed E-state index contributed by atoms with van der Waals surface area (Å²) in [5.41, 5.74) is 2.97. The van der Waals surface area contributed by atoms with Gasteiger partial charge in [-0.25, -0.2) is 4.79 Å². The first-order chi connectivity index (χ1) is 12.0. The van der Waals surface area contributed by atoms with Crippen molar-refractivity contribution >= 4 is 23.6 Å². The smallest absolute Gasteiger partial charge is 0.414 e. The number of cyclic esters (lactones) is 1. The molecule has 25 heavy (non-hydrogen) atoms. The number of fused-ring (bicyclic) bond motifs is 1. The average molecular weight is 343 g/mol. The minimum atomic E-state index is -0.323. The number of anilines is 1. The van der Waals surface area contributed by atoms with Crippen LogP contribution in [0.2, 0.25) is 0 Å². The fourth-order valence-corrected chi connectivity index (χ4v) is 3.20. The third-order valence-corrected chi connectivity index (χ3v) is 4.57. The second kappa shape index (κ2) is 6.96. The number of amides is 3. The predicted molar refractivity (Wildman–Crippen MR) is 92.1 cm³/mol. The molecule has 2 aliphatic heterocycles. The van der Waals surface area contributed by atoms with Gasteiger partial charge in [0, 0.05) is 20.1 Å². The molecular weight excluding hydrogens is 322 g/mol. The first-order valence-corrected chi connectivity index (χ1v) is 8.21. The average Bonchev–Trinajstić information content (AvgIpc) is 3.05. The van der Waals surface area contributed by atoms with Crippen LogP contribution < -0.4 is 4.90 Å². The summed E-state index contributed by atoms with van der Waals surface area (Å²) >= 11 is 0. The lowest BCUT2D eigenvalue weighted by atomic mass is 9.97. The van der Waals surface area contributed by atoms with Crippen molar-refractivity contribution in [2.24, 2.45) is 0 Å². The first kappa shape index (κ1) is 17.0. The van der Waals surface area contributed by atoms with Crippen molar-refractivity contribution in [1.29, 1.82) is 0 Å². The molecule has 2 heterocycles. The molecule has 1 saturated heterocycles. The molecule has 0 atom stereocenters. The summed E-state index contributed by atoms with van der Waals surface area (Å²) in [5, 5.41) is 0. The van der Waals surface area contributed by atoms with E-state index in [2.05, 4.69) is 6.58 Å². The van der Waals surface area contributed by atoms with Crippen molar-refractivity contribution in [1.82, 2.24) is 9.80 Å². The number of carbonyl (C=O) groups is 3. The lowest BCUT2D eigenvalue weighted by molar-refractivity contribution is -0.137. The SMILES string of the molecule is C=CC(=O)N(C)CC(=O)N1CCc2c(cccc2N2CCOC2=O)C1. The third-order valence-electron chi connectivity index (χ3n) is 4.57. The molecule has 1 aromatic rings. The standard InChI is InChI=1S/C18H21N3O4/c1-3-16(22)19(2)12-17(23)20-8-7-14-13(11-20)5-4-6-15(14)21-9-10-25-18(21)24/h3-6H,1,7-12H2,2H3. The van der Waals surface area contributed by atoms with E-state index in [4.69, 9.17) is 4.74 Å². The fraction of sp³-hybridized carbons (Fsp3) is 0.389. The van der Waals surface area contributed by atoms with E-state index >= 15 is 0 Å². The summed E-state index contributed by atoms with van der Waals surface area (Å²) in [4.78, 5) is 40.6. The Balaban J connectivity index is 1.74. The van der Waals surface area contributed by atoms with Gasteiger partial charge >= 0.3 is 6.09 Å². The van der Waals surface area contributed by atoms with Gasteiger partial charge in [0.15, 0.2) is 0 Å². The topological polar surface area (TPSA) is 70.2 Å². The van der Waals surface area contributed by atoms with Gasteiger partial charge in [-0.1, -0.05) is 18.7 Å². The number of nitrogens with zero attached hydrogens (tertiary/aromatic N) is 3. The van der Waals surface area contributed by atoms with Gasteiger partial charge in [-0.05, 0) is 29.7 Å². The zero-order valence-corrected chi connectivity index (χ0v) is 14.2. The summed E-state index contributed by atoms with van der Waals surface area (Å²) in [6.45, 7) is 5.43. The highest BCUT2D eigenvalue weighted by Gasteiger charge is 2.29. The molecule has 0 unspecified atom stereocenters. The zero-order chi connectivity index (χ0) is 18.0. The molecule has 3 rings (SSSR count). The van der Waals surface area contributed by atoms with E-state index in [9.17, 15) is 14.4 Å². The summed E-state index contributed by atoms with van der Waals surface area (Å²) in [6.07, 6.45) is 1.54. The van der Waals surface area contributed by atoms with Crippen LogP contribution >= 0.6 is 0 Å². The predicted octanol–water partition coefficient (Wildman–Crippen LogP) is 1.17. The van der Waals surface area contributed by atoms with E-state index in [0.29, 0.717) is 32.7 Å². The minimum absolute atomic E-state index is 0.0261. The van der Waals surface area contributed by atoms with Crippen LogP contribution in [0.15, 0.2) is 30.9 Å². The molecule has 0 aliphatic carbocycles. The van der Waals surface area contributed by atoms with E-state index in [1.807, 2.05) is 18.2 Å². The maximum Gasteiger partial charge on any atom is 0.414 e. The van der Waals surface area contributed by atoms with Crippen LogP contribution in [0.1, 0.15) is 11.1 Å². The molecule has 0 N–H and O–H groups in total. The Bertz CT molecular complexity index is 731. The molecule has 0 saturated carbocycles. The largest absolute Gasteiger partial charge is 0.447 e. The third kappa shape index (κ3) is 3.35. The summed E-state index contributed by atoms with van der Waals surface area (Å²) < 4.78 is 5.02. The van der Waals surface area contributed by atoms with Crippen LogP contribution in [0.5, 0.6) is 0 Å². The molecule has 1 fully saturated rings. The Labute approximate surface area is 146 Å². The van der Waals surface area contributed by atoms with Gasteiger partial charge < -0.3 is 14.5 Å². The zero-order valence-electron chi connectivity index (χ0n) is 14.2. The van der Waals surface area contributed by atoms with E-state index < -0.39 is 0 Å². The van der Waals surface area contributed by atoms with Gasteiger partial charge in [0.05, 0.1) is 18.8 Å². The summed E-state index contributed by atoms with van der Waals surface area (Å²) in [7, 11) is 1.58. The highest BCUT2D eigenvalue weighted by molar-refractivity contribution is 5.92. The number of carbonyl (C=O) groups excluding carboxylic acids is 3. The monoisotopic (exact) mass is 343 g/mol. The quantitative estimate of drug-likeness (QED) is 0.770. The van der Waals surface area contributed by atoms with Gasteiger partial charge in [0.1, 0.15) is 6.61 Å². The van der Waals surface area contributed by atoms with Crippen LogP contribution in [0.25, 0.3) is 0 Å². The molecule has 132 valence electrons. The van der Waals surface area contributed by atoms with Gasteiger partial charge in [0.2, 0.25) is 11.8 Å². The first-order valence-electron chi connectivity index (χ1n) is 8.21. The van der Waals surface area contributed by atoms with Gasteiger partial charge in [-0.3, -0.25) is 14.5 Å². The molecule has 7 heteroatoms. The lowest BCUT2D eigenvalue weighted by Gasteiger charge is -2.32. The van der Waals surface area contributed by atoms with Gasteiger partial charge in [0.25, 0.3) is 0 Å². The Morgan fingerprint density at radius 1 is 1.36 bits per heavy atom. The van der Waals surface area contributed by atoms with Gasteiger partial charge in [-0.2, -0.15) is 0 Å². The number of ether oxygens (including phenoxy) is 1. The number of benzene rings is 1. The molecule has 0 bridgehead atoms. The van der Waals surface area contributed by atoms with Crippen LogP contribution in [0, 0.1) is 0 Å². The molecule has 0 radical (unpaired) electrons. The molecule has 3 amide bonds. The van der Waals surface area contributed by atoms with Crippen LogP contribution in [0.3, 0.4) is 0 Å². The minimum Gasteiger partial charge on any atom is -0.447 e. The van der Waals surface area contributed by atoms with Crippen molar-refractivity contribution < 1.29 is 19.1 Å². The van der Waals surface area contributed by atoms with Crippen LogP contribution in [0.4, 0.5) is 10.5 Å². The molecule has 1 aromatic carbocycles. The maximum atomic E-state index is 12.4. The molecule has 2 aliphatic rings. The van der Waals surface area contributed by atoms with E-state index in [-0.39, 0.29) is 24.5 Å². The highest BCUT2D eigenvalue weighted by atomic mass is 16.6. The molecule has 7 nitrogen and oxygen atoms in total. The fourth-order valence-electron chi connectivity index (χ4n) is 3.20. The van der Waals surface area contributed by atoms with Crippen LogP contribution in [-0.4, -0.2) is 61.0 Å². The Morgan fingerprint density at radius 3 is 2.84 bits per heavy atom. The van der Waals surface area contributed by atoms with Crippen LogP contribution in [-0.2, 0) is 27.3 Å². The number of hydrogen-bond acceptors (Lipinski definition) is 4. The molecule has 0 spiro atoms. The van der Waals surface area contributed by atoms with Crippen molar-refractivity contribution in [2.45, 2.75) is 13.0 Å². The van der Waals surface area contributed by atoms with Crippen molar-refractivity contribution in [3.8, 4) is 0 Å². The molecular formula is C18H21N3O4. The lowest BCUT2D eigenvalue weighted by Crippen LogP contribution is -2.43. The van der Waals surface area contributed by atoms with Crippen molar-refractivity contribution in [2.75, 3.05) is 38.2 Å². The number of hydrogen-bond donors (Lipinski definition) is 0.